The van der Waals surface area contributed by atoms with E-state index in [1.165, 1.54) is 0 Å². The zero-order chi connectivity index (χ0) is 23.7. The molecule has 1 atom stereocenters. The van der Waals surface area contributed by atoms with Crippen LogP contribution in [0.3, 0.4) is 0 Å². The quantitative estimate of drug-likeness (QED) is 0.279. The highest BCUT2D eigenvalue weighted by Crippen LogP contribution is 2.08. The van der Waals surface area contributed by atoms with Gasteiger partial charge in [-0.05, 0) is 47.1 Å². The van der Waals surface area contributed by atoms with Crippen molar-refractivity contribution in [2.45, 2.75) is 65.4 Å². The monoisotopic (exact) mass is 437 g/mol. The van der Waals surface area contributed by atoms with Crippen LogP contribution in [0.1, 0.15) is 47.1 Å². The number of aliphatic hydroxyl groups excluding tert-OH is 1. The fourth-order valence-corrected chi connectivity index (χ4v) is 2.05. The van der Waals surface area contributed by atoms with Crippen LogP contribution in [0.4, 0.5) is 9.59 Å². The first-order chi connectivity index (χ1) is 14.3. The van der Waals surface area contributed by atoms with Crippen molar-refractivity contribution in [1.29, 1.82) is 0 Å². The third-order valence-electron chi connectivity index (χ3n) is 3.19. The Kier molecular flexibility index (Phi) is 9.44. The molecule has 1 rings (SSSR count). The molecule has 0 heterocycles. The average Bonchev–Trinajstić information content (AvgIpc) is 2.61. The molecule has 10 nitrogen and oxygen atoms in total. The lowest BCUT2D eigenvalue weighted by Crippen LogP contribution is -2.48. The fraction of sp³-hybridized carbons (Fsp3) is 0.524. The second kappa shape index (κ2) is 11.3. The van der Waals surface area contributed by atoms with Crippen LogP contribution in [0, 0.1) is 0 Å². The largest absolute Gasteiger partial charge is 0.459 e. The van der Waals surface area contributed by atoms with Gasteiger partial charge >= 0.3 is 18.2 Å². The van der Waals surface area contributed by atoms with Crippen molar-refractivity contribution in [3.05, 3.63) is 35.9 Å². The Morgan fingerprint density at radius 1 is 0.935 bits per heavy atom. The zero-order valence-corrected chi connectivity index (χ0v) is 18.7. The molecule has 2 amide bonds. The predicted molar refractivity (Wildman–Crippen MR) is 113 cm³/mol. The van der Waals surface area contributed by atoms with Crippen LogP contribution < -0.4 is 10.6 Å². The summed E-state index contributed by atoms with van der Waals surface area (Å²) in [5.74, 6) is -1.28. The number of rotatable bonds is 5. The number of guanidine groups is 1. The third kappa shape index (κ3) is 11.6. The second-order valence-electron chi connectivity index (χ2n) is 8.52. The normalized spacial score (nSPS) is 12.2. The van der Waals surface area contributed by atoms with E-state index in [4.69, 9.17) is 14.2 Å². The number of carbonyl (C=O) groups is 3. The molecule has 0 aliphatic heterocycles. The average molecular weight is 437 g/mol. The summed E-state index contributed by atoms with van der Waals surface area (Å²) in [5, 5.41) is 14.1. The summed E-state index contributed by atoms with van der Waals surface area (Å²) in [5.41, 5.74) is -0.881. The summed E-state index contributed by atoms with van der Waals surface area (Å²) in [6.07, 6.45) is -1.84. The van der Waals surface area contributed by atoms with Crippen LogP contribution in [-0.4, -0.2) is 53.1 Å². The number of hydrogen-bond donors (Lipinski definition) is 3. The van der Waals surface area contributed by atoms with Gasteiger partial charge in [-0.2, -0.15) is 0 Å². The lowest BCUT2D eigenvalue weighted by molar-refractivity contribution is -0.147. The topological polar surface area (TPSA) is 136 Å². The van der Waals surface area contributed by atoms with Crippen molar-refractivity contribution < 1.29 is 33.7 Å². The summed E-state index contributed by atoms with van der Waals surface area (Å²) in [6, 6.07) is 7.54. The molecule has 0 fully saturated rings. The Morgan fingerprint density at radius 3 is 1.84 bits per heavy atom. The molecule has 10 heteroatoms. The van der Waals surface area contributed by atoms with Gasteiger partial charge in [-0.1, -0.05) is 30.3 Å². The number of nitrogens with zero attached hydrogens (tertiary/aromatic N) is 1. The Labute approximate surface area is 182 Å². The van der Waals surface area contributed by atoms with Crippen LogP contribution in [0.25, 0.3) is 0 Å². The third-order valence-corrected chi connectivity index (χ3v) is 3.19. The van der Waals surface area contributed by atoms with Crippen molar-refractivity contribution >= 4 is 24.1 Å². The first-order valence-corrected chi connectivity index (χ1v) is 9.68. The molecule has 172 valence electrons. The van der Waals surface area contributed by atoms with Crippen LogP contribution in [-0.2, 0) is 25.6 Å². The number of alkyl carbamates (subject to hydrolysis) is 2. The molecule has 0 spiro atoms. The van der Waals surface area contributed by atoms with Crippen molar-refractivity contribution in [1.82, 2.24) is 10.6 Å². The van der Waals surface area contributed by atoms with Gasteiger partial charge in [-0.15, -0.1) is 0 Å². The first kappa shape index (κ1) is 25.9. The van der Waals surface area contributed by atoms with Crippen molar-refractivity contribution in [2.75, 3.05) is 6.61 Å². The summed E-state index contributed by atoms with van der Waals surface area (Å²) in [4.78, 5) is 40.5. The van der Waals surface area contributed by atoms with Crippen LogP contribution in [0.2, 0.25) is 0 Å². The Hall–Kier alpha value is -3.14. The molecule has 1 aromatic rings. The van der Waals surface area contributed by atoms with Gasteiger partial charge in [0, 0.05) is 0 Å². The SMILES string of the molecule is CC(C)(C)OC(=O)NC(=NC(CO)C(=O)OCc1ccccc1)NC(=O)OC(C)(C)C. The number of benzene rings is 1. The molecule has 0 aliphatic rings. The van der Waals surface area contributed by atoms with Gasteiger partial charge in [0.15, 0.2) is 6.04 Å². The molecule has 1 aromatic carbocycles. The van der Waals surface area contributed by atoms with E-state index in [-0.39, 0.29) is 6.61 Å². The Balaban J connectivity index is 2.95. The number of amides is 2. The van der Waals surface area contributed by atoms with Crippen molar-refractivity contribution in [3.8, 4) is 0 Å². The minimum Gasteiger partial charge on any atom is -0.459 e. The smallest absolute Gasteiger partial charge is 0.414 e. The maximum Gasteiger partial charge on any atom is 0.414 e. The number of nitrogens with one attached hydrogen (secondary N) is 2. The van der Waals surface area contributed by atoms with E-state index in [1.54, 1.807) is 65.8 Å². The molecule has 0 saturated heterocycles. The van der Waals surface area contributed by atoms with Gasteiger partial charge in [0.25, 0.3) is 0 Å². The number of carbonyl (C=O) groups excluding carboxylic acids is 3. The molecule has 0 radical (unpaired) electrons. The number of aliphatic imine (C=N–C) groups is 1. The van der Waals surface area contributed by atoms with Gasteiger partial charge < -0.3 is 19.3 Å². The second-order valence-corrected chi connectivity index (χ2v) is 8.52. The van der Waals surface area contributed by atoms with Crippen molar-refractivity contribution in [3.63, 3.8) is 0 Å². The minimum atomic E-state index is -1.40. The molecular weight excluding hydrogens is 406 g/mol. The molecule has 3 N–H and O–H groups in total. The summed E-state index contributed by atoms with van der Waals surface area (Å²) >= 11 is 0. The summed E-state index contributed by atoms with van der Waals surface area (Å²) < 4.78 is 15.4. The Morgan fingerprint density at radius 2 is 1.42 bits per heavy atom. The molecule has 0 saturated carbocycles. The summed E-state index contributed by atoms with van der Waals surface area (Å²) in [6.45, 7) is 9.18. The lowest BCUT2D eigenvalue weighted by Gasteiger charge is -2.22. The highest BCUT2D eigenvalue weighted by molar-refractivity contribution is 6.02. The van der Waals surface area contributed by atoms with Gasteiger partial charge in [0.2, 0.25) is 5.96 Å². The van der Waals surface area contributed by atoms with E-state index in [1.807, 2.05) is 6.07 Å². The number of esters is 1. The first-order valence-electron chi connectivity index (χ1n) is 9.68. The maximum absolute atomic E-state index is 12.3. The minimum absolute atomic E-state index is 0.0278. The van der Waals surface area contributed by atoms with Gasteiger partial charge in [-0.25, -0.2) is 19.4 Å². The molecule has 31 heavy (non-hydrogen) atoms. The number of hydrogen-bond acceptors (Lipinski definition) is 8. The van der Waals surface area contributed by atoms with Crippen LogP contribution in [0.5, 0.6) is 0 Å². The highest BCUT2D eigenvalue weighted by atomic mass is 16.6. The predicted octanol–water partition coefficient (Wildman–Crippen LogP) is 2.50. The molecule has 0 aliphatic carbocycles. The Bertz CT molecular complexity index is 748. The highest BCUT2D eigenvalue weighted by Gasteiger charge is 2.24. The molecule has 0 aromatic heterocycles. The van der Waals surface area contributed by atoms with Gasteiger partial charge in [0.1, 0.15) is 17.8 Å². The molecular formula is C21H31N3O7. The van der Waals surface area contributed by atoms with Gasteiger partial charge in [-0.3, -0.25) is 10.6 Å². The number of ether oxygens (including phenoxy) is 3. The molecule has 1 unspecified atom stereocenters. The number of aliphatic hydroxyl groups is 1. The zero-order valence-electron chi connectivity index (χ0n) is 18.7. The molecule has 0 bridgehead atoms. The van der Waals surface area contributed by atoms with Gasteiger partial charge in [0.05, 0.1) is 6.61 Å². The maximum atomic E-state index is 12.3. The van der Waals surface area contributed by atoms with Crippen molar-refractivity contribution in [2.24, 2.45) is 4.99 Å². The fourth-order valence-electron chi connectivity index (χ4n) is 2.05. The van der Waals surface area contributed by atoms with E-state index >= 15 is 0 Å². The van der Waals surface area contributed by atoms with Crippen LogP contribution >= 0.6 is 0 Å². The van der Waals surface area contributed by atoms with E-state index in [2.05, 4.69) is 15.6 Å². The van der Waals surface area contributed by atoms with E-state index in [9.17, 15) is 19.5 Å². The van der Waals surface area contributed by atoms with E-state index in [0.29, 0.717) is 0 Å². The van der Waals surface area contributed by atoms with E-state index in [0.717, 1.165) is 5.56 Å². The summed E-state index contributed by atoms with van der Waals surface area (Å²) in [7, 11) is 0. The lowest BCUT2D eigenvalue weighted by atomic mass is 10.2. The van der Waals surface area contributed by atoms with Crippen LogP contribution in [0.15, 0.2) is 35.3 Å². The van der Waals surface area contributed by atoms with E-state index < -0.39 is 48.0 Å². The standard InChI is InChI=1S/C21H31N3O7/c1-20(2,3)30-18(27)23-17(24-19(28)31-21(4,5)6)22-15(12-25)16(26)29-13-14-10-8-7-9-11-14/h7-11,15,25H,12-13H2,1-6H3,(H2,22,23,24,27,28).